The molecule has 0 aliphatic heterocycles. The lowest BCUT2D eigenvalue weighted by atomic mass is 10.2. The van der Waals surface area contributed by atoms with Crippen LogP contribution in [0, 0.1) is 0 Å². The summed E-state index contributed by atoms with van der Waals surface area (Å²) in [6.07, 6.45) is 1.21. The Morgan fingerprint density at radius 2 is 1.50 bits per heavy atom. The molecule has 1 atom stereocenters. The molecule has 0 rings (SSSR count). The van der Waals surface area contributed by atoms with Gasteiger partial charge in [-0.05, 0) is 45.7 Å². The number of nitrogens with one attached hydrogen (secondary N) is 1. The average Bonchev–Trinajstić information content (AvgIpc) is 2.41. The molecule has 0 aromatic carbocycles. The van der Waals surface area contributed by atoms with E-state index in [1.165, 1.54) is 13.0 Å². The molecule has 0 amide bonds. The van der Waals surface area contributed by atoms with E-state index in [2.05, 4.69) is 42.8 Å². The average molecular weight is 259 g/mol. The SMILES string of the molecule is CCNC(CO)CN(CC)CCCN(CC)CC. The van der Waals surface area contributed by atoms with E-state index in [1.807, 2.05) is 0 Å². The van der Waals surface area contributed by atoms with Gasteiger partial charge in [-0.2, -0.15) is 0 Å². The molecule has 2 N–H and O–H groups in total. The lowest BCUT2D eigenvalue weighted by Crippen LogP contribution is -2.44. The molecule has 0 spiro atoms. The van der Waals surface area contributed by atoms with Gasteiger partial charge in [-0.15, -0.1) is 0 Å². The predicted molar refractivity (Wildman–Crippen MR) is 79.1 cm³/mol. The zero-order chi connectivity index (χ0) is 13.8. The van der Waals surface area contributed by atoms with Crippen LogP contribution in [0.15, 0.2) is 0 Å². The lowest BCUT2D eigenvalue weighted by molar-refractivity contribution is 0.179. The molecule has 0 heterocycles. The van der Waals surface area contributed by atoms with E-state index in [1.54, 1.807) is 0 Å². The van der Waals surface area contributed by atoms with Crippen LogP contribution in [0.5, 0.6) is 0 Å². The highest BCUT2D eigenvalue weighted by molar-refractivity contribution is 4.70. The molecule has 0 aliphatic carbocycles. The Kier molecular flexibility index (Phi) is 11.8. The van der Waals surface area contributed by atoms with Crippen LogP contribution in [0.4, 0.5) is 0 Å². The summed E-state index contributed by atoms with van der Waals surface area (Å²) < 4.78 is 0. The largest absolute Gasteiger partial charge is 0.395 e. The standard InChI is InChI=1S/C14H33N3O/c1-5-15-14(13-18)12-17(8-4)11-9-10-16(6-2)7-3/h14-15,18H,5-13H2,1-4H3. The molecule has 0 saturated heterocycles. The fourth-order valence-electron chi connectivity index (χ4n) is 2.22. The molecule has 0 aliphatic rings. The van der Waals surface area contributed by atoms with Crippen molar-refractivity contribution < 1.29 is 5.11 Å². The van der Waals surface area contributed by atoms with Crippen LogP contribution < -0.4 is 5.32 Å². The number of aliphatic hydroxyl groups is 1. The minimum absolute atomic E-state index is 0.211. The number of hydrogen-bond donors (Lipinski definition) is 2. The van der Waals surface area contributed by atoms with Gasteiger partial charge in [0.1, 0.15) is 0 Å². The van der Waals surface area contributed by atoms with Crippen LogP contribution in [0.3, 0.4) is 0 Å². The van der Waals surface area contributed by atoms with E-state index < -0.39 is 0 Å². The van der Waals surface area contributed by atoms with Gasteiger partial charge in [0.15, 0.2) is 0 Å². The van der Waals surface area contributed by atoms with Gasteiger partial charge in [-0.3, -0.25) is 0 Å². The predicted octanol–water partition coefficient (Wildman–Crippen LogP) is 1.01. The van der Waals surface area contributed by atoms with E-state index >= 15 is 0 Å². The molecule has 0 bridgehead atoms. The zero-order valence-corrected chi connectivity index (χ0v) is 12.8. The maximum absolute atomic E-state index is 9.29. The van der Waals surface area contributed by atoms with Crippen molar-refractivity contribution in [2.45, 2.75) is 40.2 Å². The fourth-order valence-corrected chi connectivity index (χ4v) is 2.22. The molecule has 0 radical (unpaired) electrons. The molecule has 18 heavy (non-hydrogen) atoms. The third-order valence-corrected chi connectivity index (χ3v) is 3.48. The normalized spacial score (nSPS) is 13.5. The maximum Gasteiger partial charge on any atom is 0.0597 e. The summed E-state index contributed by atoms with van der Waals surface area (Å²) in [5.74, 6) is 0. The number of aliphatic hydroxyl groups excluding tert-OH is 1. The summed E-state index contributed by atoms with van der Waals surface area (Å²) in [5.41, 5.74) is 0. The van der Waals surface area contributed by atoms with Crippen molar-refractivity contribution in [2.75, 3.05) is 52.4 Å². The highest BCUT2D eigenvalue weighted by Gasteiger charge is 2.11. The Labute approximate surface area is 113 Å². The van der Waals surface area contributed by atoms with Crippen LogP contribution in [-0.2, 0) is 0 Å². The minimum Gasteiger partial charge on any atom is -0.395 e. The van der Waals surface area contributed by atoms with Crippen molar-refractivity contribution in [3.63, 3.8) is 0 Å². The first-order valence-corrected chi connectivity index (χ1v) is 7.50. The van der Waals surface area contributed by atoms with E-state index in [-0.39, 0.29) is 12.6 Å². The second-order valence-electron chi connectivity index (χ2n) is 4.71. The molecular weight excluding hydrogens is 226 g/mol. The topological polar surface area (TPSA) is 38.7 Å². The van der Waals surface area contributed by atoms with Crippen LogP contribution in [0.1, 0.15) is 34.1 Å². The van der Waals surface area contributed by atoms with E-state index in [4.69, 9.17) is 0 Å². The fraction of sp³-hybridized carbons (Fsp3) is 1.00. The van der Waals surface area contributed by atoms with E-state index in [0.29, 0.717) is 0 Å². The van der Waals surface area contributed by atoms with Gasteiger partial charge in [0.05, 0.1) is 6.61 Å². The molecule has 1 unspecified atom stereocenters. The maximum atomic E-state index is 9.29. The zero-order valence-electron chi connectivity index (χ0n) is 12.8. The highest BCUT2D eigenvalue weighted by atomic mass is 16.3. The summed E-state index contributed by atoms with van der Waals surface area (Å²) in [4.78, 5) is 4.88. The summed E-state index contributed by atoms with van der Waals surface area (Å²) in [6.45, 7) is 16.4. The van der Waals surface area contributed by atoms with Gasteiger partial charge in [0.25, 0.3) is 0 Å². The Bertz CT molecular complexity index is 174. The van der Waals surface area contributed by atoms with Crippen molar-refractivity contribution in [2.24, 2.45) is 0 Å². The molecule has 0 aromatic rings. The first-order valence-electron chi connectivity index (χ1n) is 7.50. The van der Waals surface area contributed by atoms with Gasteiger partial charge in [0.2, 0.25) is 0 Å². The second-order valence-corrected chi connectivity index (χ2v) is 4.71. The minimum atomic E-state index is 0.211. The Balaban J connectivity index is 3.87. The van der Waals surface area contributed by atoms with Gasteiger partial charge in [-0.1, -0.05) is 27.7 Å². The Morgan fingerprint density at radius 3 is 1.94 bits per heavy atom. The Hall–Kier alpha value is -0.160. The van der Waals surface area contributed by atoms with Gasteiger partial charge in [-0.25, -0.2) is 0 Å². The van der Waals surface area contributed by atoms with Gasteiger partial charge >= 0.3 is 0 Å². The van der Waals surface area contributed by atoms with Crippen LogP contribution >= 0.6 is 0 Å². The molecule has 0 saturated carbocycles. The summed E-state index contributed by atoms with van der Waals surface area (Å²) in [7, 11) is 0. The number of nitrogens with zero attached hydrogens (tertiary/aromatic N) is 2. The van der Waals surface area contributed by atoms with Crippen LogP contribution in [0.2, 0.25) is 0 Å². The van der Waals surface area contributed by atoms with E-state index in [0.717, 1.165) is 39.3 Å². The first-order chi connectivity index (χ1) is 8.71. The van der Waals surface area contributed by atoms with Crippen molar-refractivity contribution in [3.05, 3.63) is 0 Å². The highest BCUT2D eigenvalue weighted by Crippen LogP contribution is 1.97. The molecular formula is C14H33N3O. The van der Waals surface area contributed by atoms with Gasteiger partial charge in [0, 0.05) is 12.6 Å². The van der Waals surface area contributed by atoms with Crippen molar-refractivity contribution >= 4 is 0 Å². The molecule has 110 valence electrons. The Morgan fingerprint density at radius 1 is 0.944 bits per heavy atom. The molecule has 4 heteroatoms. The summed E-state index contributed by atoms with van der Waals surface area (Å²) in [5, 5.41) is 12.6. The lowest BCUT2D eigenvalue weighted by Gasteiger charge is -2.27. The molecule has 0 aromatic heterocycles. The summed E-state index contributed by atoms with van der Waals surface area (Å²) >= 11 is 0. The number of hydrogen-bond acceptors (Lipinski definition) is 4. The van der Waals surface area contributed by atoms with Gasteiger partial charge < -0.3 is 20.2 Å². The third-order valence-electron chi connectivity index (χ3n) is 3.48. The first kappa shape index (κ1) is 17.8. The van der Waals surface area contributed by atoms with Crippen LogP contribution in [0.25, 0.3) is 0 Å². The quantitative estimate of drug-likeness (QED) is 0.549. The second kappa shape index (κ2) is 11.9. The summed E-state index contributed by atoms with van der Waals surface area (Å²) in [6, 6.07) is 0.211. The van der Waals surface area contributed by atoms with Crippen molar-refractivity contribution in [1.82, 2.24) is 15.1 Å². The van der Waals surface area contributed by atoms with Crippen LogP contribution in [-0.4, -0.2) is 73.4 Å². The number of likely N-dealkylation sites (N-methyl/N-ethyl adjacent to an activating group) is 2. The third kappa shape index (κ3) is 8.03. The number of rotatable bonds is 12. The monoisotopic (exact) mass is 259 g/mol. The smallest absolute Gasteiger partial charge is 0.0597 e. The van der Waals surface area contributed by atoms with Crippen molar-refractivity contribution in [3.8, 4) is 0 Å². The molecule has 4 nitrogen and oxygen atoms in total. The van der Waals surface area contributed by atoms with E-state index in [9.17, 15) is 5.11 Å². The van der Waals surface area contributed by atoms with Crippen molar-refractivity contribution in [1.29, 1.82) is 0 Å². The molecule has 0 fully saturated rings.